The predicted molar refractivity (Wildman–Crippen MR) is 83.3 cm³/mol. The van der Waals surface area contributed by atoms with Crippen molar-refractivity contribution in [2.75, 3.05) is 0 Å². The molecule has 0 N–H and O–H groups in total. The summed E-state index contributed by atoms with van der Waals surface area (Å²) in [6.45, 7) is 0. The van der Waals surface area contributed by atoms with Gasteiger partial charge in [-0.1, -0.05) is 17.2 Å². The van der Waals surface area contributed by atoms with Crippen LogP contribution in [0.3, 0.4) is 0 Å². The molecule has 8 nitrogen and oxygen atoms in total. The number of rotatable bonds is 3. The van der Waals surface area contributed by atoms with Gasteiger partial charge in [-0.3, -0.25) is 14.3 Å². The Kier molecular flexibility index (Phi) is 3.24. The molecule has 2 amide bonds. The largest absolute Gasteiger partial charge is 0.472 e. The molecule has 0 atom stereocenters. The maximum atomic E-state index is 12.5. The number of imide groups is 1. The van der Waals surface area contributed by atoms with E-state index in [2.05, 4.69) is 5.10 Å². The smallest absolute Gasteiger partial charge is 0.367 e. The first-order valence-electron chi connectivity index (χ1n) is 7.32. The average molecular weight is 337 g/mol. The Morgan fingerprint density at radius 1 is 1.12 bits per heavy atom. The molecule has 3 aromatic rings. The zero-order valence-electron chi connectivity index (χ0n) is 13.0. The topological polar surface area (TPSA) is 94.6 Å². The molecule has 0 bridgehead atoms. The Hall–Kier alpha value is -3.68. The van der Waals surface area contributed by atoms with E-state index in [0.29, 0.717) is 16.3 Å². The zero-order valence-corrected chi connectivity index (χ0v) is 13.0. The second kappa shape index (κ2) is 5.45. The molecular formula is C17H11N3O5. The summed E-state index contributed by atoms with van der Waals surface area (Å²) in [6.07, 6.45) is 4.33. The summed E-state index contributed by atoms with van der Waals surface area (Å²) in [5.74, 6) is -2.22. The van der Waals surface area contributed by atoms with Crippen LogP contribution in [0, 0.1) is 0 Å². The Balaban J connectivity index is 1.64. The number of hydrogen-bond acceptors (Lipinski definition) is 6. The van der Waals surface area contributed by atoms with Crippen molar-refractivity contribution >= 4 is 17.8 Å². The van der Waals surface area contributed by atoms with Crippen LogP contribution in [0.25, 0.3) is 11.3 Å². The van der Waals surface area contributed by atoms with Gasteiger partial charge in [0, 0.05) is 18.8 Å². The van der Waals surface area contributed by atoms with E-state index in [1.807, 2.05) is 0 Å². The van der Waals surface area contributed by atoms with Crippen LogP contribution in [-0.4, -0.2) is 32.6 Å². The fourth-order valence-corrected chi connectivity index (χ4v) is 2.63. The van der Waals surface area contributed by atoms with Gasteiger partial charge >= 0.3 is 5.97 Å². The number of aryl methyl sites for hydroxylation is 1. The van der Waals surface area contributed by atoms with Gasteiger partial charge in [0.1, 0.15) is 11.3 Å². The Morgan fingerprint density at radius 3 is 2.40 bits per heavy atom. The molecule has 1 aliphatic rings. The highest BCUT2D eigenvalue weighted by atomic mass is 16.7. The number of carbonyl (C=O) groups excluding carboxylic acids is 3. The molecule has 0 fully saturated rings. The van der Waals surface area contributed by atoms with Crippen LogP contribution < -0.4 is 0 Å². The monoisotopic (exact) mass is 337 g/mol. The van der Waals surface area contributed by atoms with E-state index in [1.54, 1.807) is 25.2 Å². The van der Waals surface area contributed by atoms with Crippen molar-refractivity contribution in [2.24, 2.45) is 7.05 Å². The van der Waals surface area contributed by atoms with E-state index in [-0.39, 0.29) is 16.7 Å². The summed E-state index contributed by atoms with van der Waals surface area (Å²) in [6, 6.07) is 7.91. The van der Waals surface area contributed by atoms with Gasteiger partial charge < -0.3 is 9.25 Å². The van der Waals surface area contributed by atoms with Crippen LogP contribution in [0.1, 0.15) is 31.1 Å². The zero-order chi connectivity index (χ0) is 17.6. The van der Waals surface area contributed by atoms with E-state index in [9.17, 15) is 14.4 Å². The number of carbonyl (C=O) groups is 3. The second-order valence-corrected chi connectivity index (χ2v) is 5.41. The van der Waals surface area contributed by atoms with Crippen molar-refractivity contribution in [3.63, 3.8) is 0 Å². The SMILES string of the molecule is Cn1cc(C(=O)ON2C(=O)c3ccccc3C2=O)c(-c2ccoc2)n1. The molecule has 0 spiro atoms. The molecule has 0 aliphatic carbocycles. The van der Waals surface area contributed by atoms with Gasteiger partial charge in [0.05, 0.1) is 23.7 Å². The first-order valence-corrected chi connectivity index (χ1v) is 7.32. The minimum atomic E-state index is -0.862. The summed E-state index contributed by atoms with van der Waals surface area (Å²) in [4.78, 5) is 42.2. The van der Waals surface area contributed by atoms with Gasteiger partial charge in [-0.25, -0.2) is 4.79 Å². The Bertz CT molecular complexity index is 968. The maximum Gasteiger partial charge on any atom is 0.367 e. The Morgan fingerprint density at radius 2 is 1.80 bits per heavy atom. The summed E-state index contributed by atoms with van der Waals surface area (Å²) < 4.78 is 6.43. The maximum absolute atomic E-state index is 12.5. The first-order chi connectivity index (χ1) is 12.1. The normalized spacial score (nSPS) is 13.2. The quantitative estimate of drug-likeness (QED) is 0.679. The summed E-state index contributed by atoms with van der Waals surface area (Å²) >= 11 is 0. The molecule has 0 saturated heterocycles. The van der Waals surface area contributed by atoms with Crippen molar-refractivity contribution in [3.05, 3.63) is 65.7 Å². The van der Waals surface area contributed by atoms with Gasteiger partial charge in [-0.2, -0.15) is 5.10 Å². The van der Waals surface area contributed by atoms with E-state index in [4.69, 9.17) is 9.25 Å². The minimum absolute atomic E-state index is 0.112. The van der Waals surface area contributed by atoms with Crippen molar-refractivity contribution in [2.45, 2.75) is 0 Å². The predicted octanol–water partition coefficient (Wildman–Crippen LogP) is 2.05. The lowest BCUT2D eigenvalue weighted by molar-refractivity contribution is -0.0584. The van der Waals surface area contributed by atoms with Crippen LogP contribution in [0.4, 0.5) is 0 Å². The van der Waals surface area contributed by atoms with Gasteiger partial charge in [0.2, 0.25) is 0 Å². The molecule has 0 unspecified atom stereocenters. The summed E-state index contributed by atoms with van der Waals surface area (Å²) in [7, 11) is 1.64. The van der Waals surface area contributed by atoms with E-state index < -0.39 is 17.8 Å². The van der Waals surface area contributed by atoms with Crippen molar-refractivity contribution in [3.8, 4) is 11.3 Å². The molecule has 25 heavy (non-hydrogen) atoms. The number of amides is 2. The lowest BCUT2D eigenvalue weighted by Crippen LogP contribution is -2.32. The lowest BCUT2D eigenvalue weighted by atomic mass is 10.1. The van der Waals surface area contributed by atoms with Gasteiger partial charge in [-0.05, 0) is 18.2 Å². The third kappa shape index (κ3) is 2.31. The van der Waals surface area contributed by atoms with Crippen molar-refractivity contribution < 1.29 is 23.6 Å². The van der Waals surface area contributed by atoms with Gasteiger partial charge in [0.15, 0.2) is 0 Å². The number of hydroxylamine groups is 2. The number of furan rings is 1. The molecule has 4 rings (SSSR count). The molecule has 2 aromatic heterocycles. The summed E-state index contributed by atoms with van der Waals surface area (Å²) in [5.41, 5.74) is 1.41. The molecule has 0 saturated carbocycles. The fourth-order valence-electron chi connectivity index (χ4n) is 2.63. The average Bonchev–Trinajstić information content (AvgIpc) is 3.31. The van der Waals surface area contributed by atoms with Crippen LogP contribution in [0.5, 0.6) is 0 Å². The van der Waals surface area contributed by atoms with Crippen LogP contribution in [0.15, 0.2) is 53.5 Å². The van der Waals surface area contributed by atoms with E-state index >= 15 is 0 Å². The molecule has 124 valence electrons. The lowest BCUT2D eigenvalue weighted by Gasteiger charge is -2.12. The molecule has 3 heterocycles. The number of hydrogen-bond donors (Lipinski definition) is 0. The van der Waals surface area contributed by atoms with Crippen LogP contribution in [-0.2, 0) is 11.9 Å². The highest BCUT2D eigenvalue weighted by molar-refractivity contribution is 6.21. The molecule has 0 radical (unpaired) electrons. The van der Waals surface area contributed by atoms with Crippen LogP contribution in [0.2, 0.25) is 0 Å². The summed E-state index contributed by atoms with van der Waals surface area (Å²) in [5, 5.41) is 4.67. The van der Waals surface area contributed by atoms with E-state index in [1.165, 1.54) is 35.5 Å². The number of nitrogens with zero attached hydrogens (tertiary/aromatic N) is 3. The highest BCUT2D eigenvalue weighted by Crippen LogP contribution is 2.26. The fraction of sp³-hybridized carbons (Fsp3) is 0.0588. The Labute approximate surface area is 141 Å². The number of fused-ring (bicyclic) bond motifs is 1. The number of benzene rings is 1. The molecule has 1 aliphatic heterocycles. The highest BCUT2D eigenvalue weighted by Gasteiger charge is 2.39. The number of aromatic nitrogens is 2. The van der Waals surface area contributed by atoms with Crippen molar-refractivity contribution in [1.82, 2.24) is 14.8 Å². The van der Waals surface area contributed by atoms with Gasteiger partial charge in [-0.15, -0.1) is 0 Å². The minimum Gasteiger partial charge on any atom is -0.472 e. The van der Waals surface area contributed by atoms with Crippen LogP contribution >= 0.6 is 0 Å². The molecular weight excluding hydrogens is 326 g/mol. The third-order valence-electron chi connectivity index (χ3n) is 3.77. The second-order valence-electron chi connectivity index (χ2n) is 5.41. The third-order valence-corrected chi connectivity index (χ3v) is 3.77. The molecule has 8 heteroatoms. The van der Waals surface area contributed by atoms with Crippen molar-refractivity contribution in [1.29, 1.82) is 0 Å². The van der Waals surface area contributed by atoms with Gasteiger partial charge in [0.25, 0.3) is 11.8 Å². The van der Waals surface area contributed by atoms with E-state index in [0.717, 1.165) is 0 Å². The standard InChI is InChI=1S/C17H11N3O5/c1-19-8-13(14(18-19)10-6-7-24-9-10)17(23)25-20-15(21)11-4-2-3-5-12(11)16(20)22/h2-9H,1H3. The first kappa shape index (κ1) is 14.9. The molecule has 1 aromatic carbocycles.